The van der Waals surface area contributed by atoms with E-state index in [0.29, 0.717) is 10.9 Å². The SMILES string of the molecule is Cc1ccc(C=NNc2nc(N)cs2)c2cccnc12. The van der Waals surface area contributed by atoms with E-state index < -0.39 is 0 Å². The number of rotatable bonds is 3. The summed E-state index contributed by atoms with van der Waals surface area (Å²) in [6.45, 7) is 2.05. The van der Waals surface area contributed by atoms with Gasteiger partial charge in [-0.05, 0) is 18.6 Å². The number of hydrogen-bond acceptors (Lipinski definition) is 6. The van der Waals surface area contributed by atoms with Crippen LogP contribution < -0.4 is 11.2 Å². The van der Waals surface area contributed by atoms with Crippen molar-refractivity contribution in [3.63, 3.8) is 0 Å². The number of hydrazone groups is 1. The summed E-state index contributed by atoms with van der Waals surface area (Å²) in [5.41, 5.74) is 11.6. The fraction of sp³-hybridized carbons (Fsp3) is 0.0714. The zero-order valence-electron chi connectivity index (χ0n) is 10.9. The van der Waals surface area contributed by atoms with Crippen molar-refractivity contribution in [1.82, 2.24) is 9.97 Å². The number of nitrogen functional groups attached to an aromatic ring is 1. The minimum atomic E-state index is 0.498. The van der Waals surface area contributed by atoms with Crippen LogP contribution in [0.25, 0.3) is 10.9 Å². The highest BCUT2D eigenvalue weighted by molar-refractivity contribution is 7.14. The van der Waals surface area contributed by atoms with Gasteiger partial charge < -0.3 is 5.73 Å². The van der Waals surface area contributed by atoms with Crippen molar-refractivity contribution in [2.45, 2.75) is 6.92 Å². The fourth-order valence-corrected chi connectivity index (χ4v) is 2.49. The Balaban J connectivity index is 1.89. The molecule has 0 saturated carbocycles. The third-order valence-corrected chi connectivity index (χ3v) is 3.66. The van der Waals surface area contributed by atoms with Gasteiger partial charge in [-0.3, -0.25) is 10.4 Å². The largest absolute Gasteiger partial charge is 0.383 e. The summed E-state index contributed by atoms with van der Waals surface area (Å²) in [5, 5.41) is 7.72. The average Bonchev–Trinajstić information content (AvgIpc) is 2.87. The van der Waals surface area contributed by atoms with Crippen molar-refractivity contribution in [2.75, 3.05) is 11.2 Å². The van der Waals surface area contributed by atoms with E-state index in [-0.39, 0.29) is 0 Å². The van der Waals surface area contributed by atoms with Gasteiger partial charge in [0.15, 0.2) is 0 Å². The smallest absolute Gasteiger partial charge is 0.205 e. The lowest BCUT2D eigenvalue weighted by atomic mass is 10.1. The third-order valence-electron chi connectivity index (χ3n) is 2.89. The van der Waals surface area contributed by atoms with Crippen LogP contribution in [-0.4, -0.2) is 16.2 Å². The zero-order chi connectivity index (χ0) is 13.9. The third kappa shape index (κ3) is 2.46. The molecule has 0 radical (unpaired) electrons. The number of nitrogens with zero attached hydrogens (tertiary/aromatic N) is 3. The summed E-state index contributed by atoms with van der Waals surface area (Å²) >= 11 is 1.42. The van der Waals surface area contributed by atoms with Crippen LogP contribution in [0.4, 0.5) is 10.9 Å². The number of aromatic nitrogens is 2. The highest BCUT2D eigenvalue weighted by Crippen LogP contribution is 2.19. The Morgan fingerprint density at radius 3 is 3.05 bits per heavy atom. The molecule has 5 nitrogen and oxygen atoms in total. The van der Waals surface area contributed by atoms with Gasteiger partial charge >= 0.3 is 0 Å². The van der Waals surface area contributed by atoms with Crippen LogP contribution in [0.5, 0.6) is 0 Å². The van der Waals surface area contributed by atoms with Crippen LogP contribution in [-0.2, 0) is 0 Å². The molecule has 20 heavy (non-hydrogen) atoms. The van der Waals surface area contributed by atoms with E-state index in [1.54, 1.807) is 17.8 Å². The second-order valence-electron chi connectivity index (χ2n) is 4.32. The summed E-state index contributed by atoms with van der Waals surface area (Å²) in [4.78, 5) is 8.48. The number of anilines is 2. The Bertz CT molecular complexity index is 778. The number of aryl methyl sites for hydroxylation is 1. The van der Waals surface area contributed by atoms with Gasteiger partial charge in [0.2, 0.25) is 5.13 Å². The molecule has 2 heterocycles. The average molecular weight is 283 g/mol. The number of thiazole rings is 1. The molecule has 2 aromatic heterocycles. The molecule has 0 atom stereocenters. The molecule has 1 aromatic carbocycles. The van der Waals surface area contributed by atoms with Crippen LogP contribution in [0.2, 0.25) is 0 Å². The standard InChI is InChI=1S/C14H13N5S/c1-9-4-5-10(11-3-2-6-16-13(9)11)7-17-19-14-18-12(15)8-20-14/h2-8H,15H2,1H3,(H,18,19). The lowest BCUT2D eigenvalue weighted by molar-refractivity contribution is 1.29. The second kappa shape index (κ2) is 5.26. The summed E-state index contributed by atoms with van der Waals surface area (Å²) in [6.07, 6.45) is 3.56. The first-order chi connectivity index (χ1) is 9.74. The molecule has 3 rings (SSSR count). The second-order valence-corrected chi connectivity index (χ2v) is 5.18. The van der Waals surface area contributed by atoms with Crippen LogP contribution in [0.3, 0.4) is 0 Å². The maximum atomic E-state index is 5.55. The number of hydrogen-bond donors (Lipinski definition) is 2. The predicted molar refractivity (Wildman–Crippen MR) is 84.2 cm³/mol. The molecule has 3 aromatic rings. The summed E-state index contributed by atoms with van der Waals surface area (Å²) < 4.78 is 0. The molecule has 0 saturated heterocycles. The van der Waals surface area contributed by atoms with Crippen LogP contribution in [0.1, 0.15) is 11.1 Å². The Morgan fingerprint density at radius 1 is 1.35 bits per heavy atom. The normalized spacial score (nSPS) is 11.2. The predicted octanol–water partition coefficient (Wildman–Crippen LogP) is 3.03. The summed E-state index contributed by atoms with van der Waals surface area (Å²) in [7, 11) is 0. The van der Waals surface area contributed by atoms with Crippen molar-refractivity contribution in [3.8, 4) is 0 Å². The van der Waals surface area contributed by atoms with Gasteiger partial charge in [0, 0.05) is 22.5 Å². The molecule has 0 bridgehead atoms. The van der Waals surface area contributed by atoms with Gasteiger partial charge in [0.25, 0.3) is 0 Å². The monoisotopic (exact) mass is 283 g/mol. The minimum absolute atomic E-state index is 0.498. The van der Waals surface area contributed by atoms with Gasteiger partial charge in [0.1, 0.15) is 5.82 Å². The van der Waals surface area contributed by atoms with E-state index in [2.05, 4.69) is 20.5 Å². The highest BCUT2D eigenvalue weighted by Gasteiger charge is 2.02. The molecule has 0 unspecified atom stereocenters. The lowest BCUT2D eigenvalue weighted by Crippen LogP contribution is -1.93. The van der Waals surface area contributed by atoms with Gasteiger partial charge in [-0.1, -0.05) is 18.2 Å². The van der Waals surface area contributed by atoms with E-state index in [0.717, 1.165) is 22.0 Å². The van der Waals surface area contributed by atoms with Crippen LogP contribution in [0.15, 0.2) is 40.9 Å². The molecular formula is C14H13N5S. The quantitative estimate of drug-likeness (QED) is 0.572. The minimum Gasteiger partial charge on any atom is -0.383 e. The first-order valence-corrected chi connectivity index (χ1v) is 6.96. The number of benzene rings is 1. The van der Waals surface area contributed by atoms with Crippen molar-refractivity contribution in [3.05, 3.63) is 47.0 Å². The summed E-state index contributed by atoms with van der Waals surface area (Å²) in [5.74, 6) is 0.498. The van der Waals surface area contributed by atoms with Crippen molar-refractivity contribution in [2.24, 2.45) is 5.10 Å². The van der Waals surface area contributed by atoms with Crippen molar-refractivity contribution in [1.29, 1.82) is 0 Å². The van der Waals surface area contributed by atoms with Crippen molar-refractivity contribution < 1.29 is 0 Å². The molecule has 0 fully saturated rings. The molecule has 6 heteroatoms. The Morgan fingerprint density at radius 2 is 2.25 bits per heavy atom. The van der Waals surface area contributed by atoms with Gasteiger partial charge in [-0.25, -0.2) is 4.98 Å². The van der Waals surface area contributed by atoms with Crippen molar-refractivity contribution >= 4 is 39.4 Å². The molecule has 0 spiro atoms. The first kappa shape index (κ1) is 12.6. The Hall–Kier alpha value is -2.47. The molecule has 3 N–H and O–H groups in total. The Labute approximate surface area is 120 Å². The van der Waals surface area contributed by atoms with Crippen LogP contribution >= 0.6 is 11.3 Å². The molecule has 0 aliphatic rings. The molecule has 0 amide bonds. The maximum Gasteiger partial charge on any atom is 0.205 e. The topological polar surface area (TPSA) is 76.2 Å². The number of nitrogens with one attached hydrogen (secondary N) is 1. The van der Waals surface area contributed by atoms with Gasteiger partial charge in [0.05, 0.1) is 11.7 Å². The van der Waals surface area contributed by atoms with E-state index in [4.69, 9.17) is 5.73 Å². The van der Waals surface area contributed by atoms with Gasteiger partial charge in [-0.15, -0.1) is 11.3 Å². The Kier molecular flexibility index (Phi) is 3.30. The molecule has 100 valence electrons. The van der Waals surface area contributed by atoms with E-state index in [1.807, 2.05) is 31.2 Å². The van der Waals surface area contributed by atoms with Crippen LogP contribution in [0, 0.1) is 6.92 Å². The van der Waals surface area contributed by atoms with E-state index >= 15 is 0 Å². The fourth-order valence-electron chi connectivity index (χ4n) is 1.94. The highest BCUT2D eigenvalue weighted by atomic mass is 32.1. The number of nitrogens with two attached hydrogens (primary N) is 1. The summed E-state index contributed by atoms with van der Waals surface area (Å²) in [6, 6.07) is 8.03. The van der Waals surface area contributed by atoms with E-state index in [1.165, 1.54) is 11.3 Å². The zero-order valence-corrected chi connectivity index (χ0v) is 11.7. The van der Waals surface area contributed by atoms with Gasteiger partial charge in [-0.2, -0.15) is 5.10 Å². The molecule has 0 aliphatic heterocycles. The maximum absolute atomic E-state index is 5.55. The molecule has 0 aliphatic carbocycles. The first-order valence-electron chi connectivity index (χ1n) is 6.08. The number of pyridine rings is 1. The number of fused-ring (bicyclic) bond motifs is 1. The lowest BCUT2D eigenvalue weighted by Gasteiger charge is -2.04. The van der Waals surface area contributed by atoms with E-state index in [9.17, 15) is 0 Å². The molecular weight excluding hydrogens is 270 g/mol.